The van der Waals surface area contributed by atoms with Gasteiger partial charge in [0, 0.05) is 17.6 Å². The Hall–Kier alpha value is -1.44. The van der Waals surface area contributed by atoms with E-state index in [0.717, 1.165) is 28.5 Å². The molecule has 1 aromatic carbocycles. The lowest BCUT2D eigenvalue weighted by molar-refractivity contribution is 0.0945. The number of halogens is 1. The highest BCUT2D eigenvalue weighted by atomic mass is 79.9. The Kier molecular flexibility index (Phi) is 7.21. The van der Waals surface area contributed by atoms with E-state index in [1.54, 1.807) is 0 Å². The average Bonchev–Trinajstić information content (AvgIpc) is 2.88. The van der Waals surface area contributed by atoms with Crippen molar-refractivity contribution in [2.45, 2.75) is 13.3 Å². The molecule has 6 N–H and O–H groups in total. The van der Waals surface area contributed by atoms with Crippen molar-refractivity contribution in [3.8, 4) is 0 Å². The van der Waals surface area contributed by atoms with Gasteiger partial charge in [0.05, 0.1) is 11.0 Å². The maximum Gasteiger partial charge on any atom is 0.287 e. The first-order chi connectivity index (χ1) is 9.62. The summed E-state index contributed by atoms with van der Waals surface area (Å²) in [6.07, 6.45) is 1.10. The van der Waals surface area contributed by atoms with Crippen LogP contribution >= 0.6 is 15.9 Å². The van der Waals surface area contributed by atoms with E-state index in [1.807, 2.05) is 18.2 Å². The maximum absolute atomic E-state index is 11.6. The minimum absolute atomic E-state index is 0.238. The predicted molar refractivity (Wildman–Crippen MR) is 84.5 cm³/mol. The van der Waals surface area contributed by atoms with Crippen molar-refractivity contribution < 1.29 is 4.79 Å². The van der Waals surface area contributed by atoms with Crippen LogP contribution in [0.4, 0.5) is 0 Å². The second-order valence-corrected chi connectivity index (χ2v) is 5.00. The molecule has 0 aliphatic rings. The van der Waals surface area contributed by atoms with Gasteiger partial charge in [0.25, 0.3) is 5.91 Å². The molecule has 0 aliphatic heterocycles. The summed E-state index contributed by atoms with van der Waals surface area (Å²) in [5.74, 6) is 0.0688. The van der Waals surface area contributed by atoms with Crippen LogP contribution in [-0.4, -0.2) is 35.5 Å². The summed E-state index contributed by atoms with van der Waals surface area (Å²) < 4.78 is 0.942. The summed E-state index contributed by atoms with van der Waals surface area (Å²) in [5.41, 5.74) is 11.9. The van der Waals surface area contributed by atoms with Crippen LogP contribution in [0.3, 0.4) is 0 Å². The molecule has 0 saturated carbocycles. The largest absolute Gasteiger partial charge is 0.348 e. The van der Waals surface area contributed by atoms with Gasteiger partial charge in [-0.15, -0.1) is 0 Å². The third kappa shape index (κ3) is 4.92. The molecule has 7 heteroatoms. The van der Waals surface area contributed by atoms with Gasteiger partial charge in [-0.2, -0.15) is 0 Å². The van der Waals surface area contributed by atoms with Gasteiger partial charge < -0.3 is 21.8 Å². The molecule has 0 unspecified atom stereocenters. The van der Waals surface area contributed by atoms with Crippen molar-refractivity contribution in [3.63, 3.8) is 0 Å². The monoisotopic (exact) mass is 341 g/mol. The highest BCUT2D eigenvalue weighted by molar-refractivity contribution is 9.10. The van der Waals surface area contributed by atoms with Crippen molar-refractivity contribution in [1.82, 2.24) is 15.3 Å². The first-order valence-corrected chi connectivity index (χ1v) is 7.25. The molecule has 0 aliphatic carbocycles. The predicted octanol–water partition coefficient (Wildman–Crippen LogP) is 1.37. The molecule has 2 aromatic rings. The number of amides is 1. The van der Waals surface area contributed by atoms with Crippen LogP contribution < -0.4 is 16.8 Å². The number of rotatable bonds is 4. The summed E-state index contributed by atoms with van der Waals surface area (Å²) in [6, 6.07) is 5.60. The minimum Gasteiger partial charge on any atom is -0.348 e. The normalized spacial score (nSPS) is 10.0. The van der Waals surface area contributed by atoms with Crippen LogP contribution in [0, 0.1) is 0 Å². The van der Waals surface area contributed by atoms with Crippen molar-refractivity contribution in [2.75, 3.05) is 19.6 Å². The molecule has 0 spiro atoms. The Bertz CT molecular complexity index is 553. The first kappa shape index (κ1) is 16.6. The van der Waals surface area contributed by atoms with Gasteiger partial charge in [0.2, 0.25) is 0 Å². The summed E-state index contributed by atoms with van der Waals surface area (Å²) in [4.78, 5) is 18.7. The van der Waals surface area contributed by atoms with Crippen molar-refractivity contribution >= 4 is 32.9 Å². The van der Waals surface area contributed by atoms with Gasteiger partial charge in [-0.3, -0.25) is 4.79 Å². The summed E-state index contributed by atoms with van der Waals surface area (Å²) in [7, 11) is 0. The van der Waals surface area contributed by atoms with Crippen molar-refractivity contribution in [2.24, 2.45) is 11.5 Å². The fourth-order valence-electron chi connectivity index (χ4n) is 1.36. The van der Waals surface area contributed by atoms with Crippen LogP contribution in [0.1, 0.15) is 24.0 Å². The van der Waals surface area contributed by atoms with Crippen LogP contribution in [0.2, 0.25) is 0 Å². The number of nitrogens with zero attached hydrogens (tertiary/aromatic N) is 1. The molecular weight excluding hydrogens is 322 g/mol. The Morgan fingerprint density at radius 2 is 2.10 bits per heavy atom. The van der Waals surface area contributed by atoms with E-state index in [9.17, 15) is 4.79 Å². The van der Waals surface area contributed by atoms with Gasteiger partial charge in [-0.1, -0.05) is 22.9 Å². The maximum atomic E-state index is 11.6. The van der Waals surface area contributed by atoms with E-state index in [1.165, 1.54) is 0 Å². The fraction of sp³-hybridized carbons (Fsp3) is 0.385. The number of aromatic nitrogens is 2. The second kappa shape index (κ2) is 8.68. The van der Waals surface area contributed by atoms with E-state index in [2.05, 4.69) is 38.1 Å². The summed E-state index contributed by atoms with van der Waals surface area (Å²) in [6.45, 7) is 3.73. The average molecular weight is 342 g/mol. The Morgan fingerprint density at radius 1 is 1.40 bits per heavy atom. The lowest BCUT2D eigenvalue weighted by Gasteiger charge is -1.98. The number of hydrogen-bond donors (Lipinski definition) is 4. The summed E-state index contributed by atoms with van der Waals surface area (Å²) in [5, 5.41) is 2.65. The molecule has 1 amide bonds. The number of benzene rings is 1. The lowest BCUT2D eigenvalue weighted by Crippen LogP contribution is -2.29. The van der Waals surface area contributed by atoms with Crippen LogP contribution in [-0.2, 0) is 0 Å². The number of fused-ring (bicyclic) bond motifs is 1. The fourth-order valence-corrected chi connectivity index (χ4v) is 1.72. The van der Waals surface area contributed by atoms with Gasteiger partial charge in [0.15, 0.2) is 5.82 Å². The minimum atomic E-state index is -0.238. The number of nitrogens with one attached hydrogen (secondary N) is 2. The third-order valence-electron chi connectivity index (χ3n) is 2.38. The quantitative estimate of drug-likeness (QED) is 0.673. The van der Waals surface area contributed by atoms with E-state index in [-0.39, 0.29) is 5.91 Å². The number of H-pyrrole nitrogens is 1. The zero-order chi connectivity index (χ0) is 15.0. The highest BCUT2D eigenvalue weighted by Gasteiger charge is 2.10. The van der Waals surface area contributed by atoms with Crippen molar-refractivity contribution in [3.05, 3.63) is 28.5 Å². The standard InChI is InChI=1S/C10H11BrN4O.C3H9N/c11-6-1-2-7-8(5-6)15-9(14-7)10(16)13-4-3-12;1-2-3-4/h1-2,5H,3-4,12H2,(H,13,16)(H,14,15);2-4H2,1H3. The molecule has 2 rings (SSSR count). The van der Waals surface area contributed by atoms with Crippen LogP contribution in [0.15, 0.2) is 22.7 Å². The molecular formula is C13H20BrN5O. The van der Waals surface area contributed by atoms with Gasteiger partial charge >= 0.3 is 0 Å². The van der Waals surface area contributed by atoms with E-state index in [4.69, 9.17) is 11.5 Å². The van der Waals surface area contributed by atoms with E-state index >= 15 is 0 Å². The number of carbonyl (C=O) groups excluding carboxylic acids is 1. The second-order valence-electron chi connectivity index (χ2n) is 4.08. The molecule has 1 heterocycles. The third-order valence-corrected chi connectivity index (χ3v) is 2.87. The lowest BCUT2D eigenvalue weighted by atomic mass is 10.3. The number of hydrogen-bond acceptors (Lipinski definition) is 4. The molecule has 110 valence electrons. The highest BCUT2D eigenvalue weighted by Crippen LogP contribution is 2.17. The van der Waals surface area contributed by atoms with Gasteiger partial charge in [-0.05, 0) is 31.2 Å². The Morgan fingerprint density at radius 3 is 2.70 bits per heavy atom. The molecule has 0 atom stereocenters. The topological polar surface area (TPSA) is 110 Å². The molecule has 20 heavy (non-hydrogen) atoms. The van der Waals surface area contributed by atoms with Crippen LogP contribution in [0.5, 0.6) is 0 Å². The summed E-state index contributed by atoms with van der Waals surface area (Å²) >= 11 is 3.36. The molecule has 1 aromatic heterocycles. The van der Waals surface area contributed by atoms with Gasteiger partial charge in [0.1, 0.15) is 0 Å². The molecule has 0 radical (unpaired) electrons. The number of imidazole rings is 1. The molecule has 6 nitrogen and oxygen atoms in total. The molecule has 0 fully saturated rings. The van der Waals surface area contributed by atoms with Crippen LogP contribution in [0.25, 0.3) is 11.0 Å². The number of aromatic amines is 1. The number of nitrogens with two attached hydrogens (primary N) is 2. The Labute approximate surface area is 126 Å². The number of carbonyl (C=O) groups is 1. The smallest absolute Gasteiger partial charge is 0.287 e. The first-order valence-electron chi connectivity index (χ1n) is 6.46. The van der Waals surface area contributed by atoms with Crippen molar-refractivity contribution in [1.29, 1.82) is 0 Å². The Balaban J connectivity index is 0.000000444. The van der Waals surface area contributed by atoms with E-state index in [0.29, 0.717) is 18.9 Å². The SMILES string of the molecule is CCCN.NCCNC(=O)c1nc2ccc(Br)cc2[nH]1. The van der Waals surface area contributed by atoms with Gasteiger partial charge in [-0.25, -0.2) is 4.98 Å². The molecule has 0 saturated heterocycles. The zero-order valence-electron chi connectivity index (χ0n) is 11.4. The zero-order valence-corrected chi connectivity index (χ0v) is 13.0. The molecule has 0 bridgehead atoms. The van der Waals surface area contributed by atoms with E-state index < -0.39 is 0 Å².